The van der Waals surface area contributed by atoms with Crippen molar-refractivity contribution in [2.45, 2.75) is 18.6 Å². The molecule has 1 aromatic rings. The second-order valence-electron chi connectivity index (χ2n) is 4.63. The first-order valence-electron chi connectivity index (χ1n) is 6.01. The summed E-state index contributed by atoms with van der Waals surface area (Å²) in [6.07, 6.45) is -1.12. The van der Waals surface area contributed by atoms with Crippen LogP contribution in [0.1, 0.15) is 16.8 Å². The second-order valence-corrected chi connectivity index (χ2v) is 4.63. The second kappa shape index (κ2) is 5.37. The smallest absolute Gasteiger partial charge is 0.326 e. The van der Waals surface area contributed by atoms with E-state index in [4.69, 9.17) is 5.11 Å². The molecule has 9 nitrogen and oxygen atoms in total. The van der Waals surface area contributed by atoms with E-state index in [1.807, 2.05) is 0 Å². The quantitative estimate of drug-likeness (QED) is 0.524. The predicted octanol–water partition coefficient (Wildman–Crippen LogP) is -0.0396. The van der Waals surface area contributed by atoms with Crippen LogP contribution in [0.4, 0.5) is 5.69 Å². The number of rotatable bonds is 3. The molecule has 112 valence electrons. The maximum Gasteiger partial charge on any atom is 0.326 e. The van der Waals surface area contributed by atoms with Crippen LogP contribution < -0.4 is 0 Å². The van der Waals surface area contributed by atoms with Gasteiger partial charge < -0.3 is 20.2 Å². The summed E-state index contributed by atoms with van der Waals surface area (Å²) < 4.78 is 0. The van der Waals surface area contributed by atoms with Gasteiger partial charge in [0.25, 0.3) is 5.91 Å². The largest absolute Gasteiger partial charge is 0.502 e. The van der Waals surface area contributed by atoms with Crippen LogP contribution in [-0.4, -0.2) is 55.7 Å². The van der Waals surface area contributed by atoms with E-state index in [1.165, 1.54) is 6.07 Å². The van der Waals surface area contributed by atoms with Gasteiger partial charge in [-0.05, 0) is 6.07 Å². The molecule has 1 amide bonds. The van der Waals surface area contributed by atoms with E-state index < -0.39 is 40.4 Å². The number of phenols is 1. The predicted molar refractivity (Wildman–Crippen MR) is 67.8 cm³/mol. The minimum absolute atomic E-state index is 0.128. The van der Waals surface area contributed by atoms with Crippen LogP contribution >= 0.6 is 0 Å². The van der Waals surface area contributed by atoms with E-state index in [2.05, 4.69) is 0 Å². The van der Waals surface area contributed by atoms with Gasteiger partial charge in [0.1, 0.15) is 6.04 Å². The molecule has 3 N–H and O–H groups in total. The van der Waals surface area contributed by atoms with Crippen molar-refractivity contribution < 1.29 is 29.8 Å². The summed E-state index contributed by atoms with van der Waals surface area (Å²) in [4.78, 5) is 34.1. The van der Waals surface area contributed by atoms with Gasteiger partial charge in [0.05, 0.1) is 16.6 Å². The number of hydrogen-bond acceptors (Lipinski definition) is 6. The molecule has 21 heavy (non-hydrogen) atoms. The van der Waals surface area contributed by atoms with Crippen molar-refractivity contribution in [3.8, 4) is 5.75 Å². The van der Waals surface area contributed by atoms with Crippen molar-refractivity contribution in [3.63, 3.8) is 0 Å². The SMILES string of the molecule is O=C(O)[C@@H]1C[C@H](O)CN1C(=O)c1cccc([N+](=O)[O-])c1O. The summed E-state index contributed by atoms with van der Waals surface area (Å²) in [7, 11) is 0. The lowest BCUT2D eigenvalue weighted by molar-refractivity contribution is -0.385. The first-order valence-corrected chi connectivity index (χ1v) is 6.01. The Hall–Kier alpha value is -2.68. The molecule has 0 saturated carbocycles. The first kappa shape index (κ1) is 14.7. The molecule has 0 spiro atoms. The van der Waals surface area contributed by atoms with Gasteiger partial charge in [-0.15, -0.1) is 0 Å². The maximum absolute atomic E-state index is 12.3. The molecule has 0 aliphatic carbocycles. The Bertz CT molecular complexity index is 616. The number of benzene rings is 1. The van der Waals surface area contributed by atoms with Gasteiger partial charge in [-0.1, -0.05) is 6.07 Å². The van der Waals surface area contributed by atoms with Crippen LogP contribution in [0.5, 0.6) is 5.75 Å². The Kier molecular flexibility index (Phi) is 3.76. The van der Waals surface area contributed by atoms with Crippen molar-refractivity contribution in [3.05, 3.63) is 33.9 Å². The topological polar surface area (TPSA) is 141 Å². The lowest BCUT2D eigenvalue weighted by atomic mass is 10.1. The highest BCUT2D eigenvalue weighted by molar-refractivity contribution is 6.00. The number of aliphatic hydroxyl groups excluding tert-OH is 1. The zero-order chi connectivity index (χ0) is 15.7. The fourth-order valence-electron chi connectivity index (χ4n) is 2.28. The number of amides is 1. The number of carboxylic acids is 1. The van der Waals surface area contributed by atoms with Crippen LogP contribution in [0.25, 0.3) is 0 Å². The average molecular weight is 296 g/mol. The third-order valence-corrected chi connectivity index (χ3v) is 3.27. The standard InChI is InChI=1S/C12H12N2O7/c15-6-4-9(12(18)19)13(5-6)11(17)7-2-1-3-8(10(7)16)14(20)21/h1-3,6,9,15-16H,4-5H2,(H,18,19)/t6-,9-/m0/s1. The van der Waals surface area contributed by atoms with Crippen LogP contribution in [0.2, 0.25) is 0 Å². The minimum atomic E-state index is -1.29. The number of β-amino-alcohol motifs (C(OH)–C–C–N with tert-alkyl or cyclic N) is 1. The lowest BCUT2D eigenvalue weighted by Crippen LogP contribution is -2.40. The molecule has 9 heteroatoms. The molecule has 0 aromatic heterocycles. The van der Waals surface area contributed by atoms with Crippen LogP contribution in [0.3, 0.4) is 0 Å². The van der Waals surface area contributed by atoms with Crippen LogP contribution in [0.15, 0.2) is 18.2 Å². The van der Waals surface area contributed by atoms with Gasteiger partial charge in [0.15, 0.2) is 0 Å². The summed E-state index contributed by atoms with van der Waals surface area (Å²) >= 11 is 0. The van der Waals surface area contributed by atoms with E-state index in [0.717, 1.165) is 17.0 Å². The molecule has 1 aliphatic rings. The Morgan fingerprint density at radius 3 is 2.62 bits per heavy atom. The van der Waals surface area contributed by atoms with Gasteiger partial charge in [-0.25, -0.2) is 4.79 Å². The molecular weight excluding hydrogens is 284 g/mol. The number of carboxylic acid groups (broad SMARTS) is 1. The number of nitro groups is 1. The third-order valence-electron chi connectivity index (χ3n) is 3.27. The highest BCUT2D eigenvalue weighted by Crippen LogP contribution is 2.31. The maximum atomic E-state index is 12.3. The first-order chi connectivity index (χ1) is 9.82. The number of carbonyl (C=O) groups excluding carboxylic acids is 1. The lowest BCUT2D eigenvalue weighted by Gasteiger charge is -2.21. The Labute approximate surface area is 118 Å². The number of para-hydroxylation sites is 1. The van der Waals surface area contributed by atoms with Gasteiger partial charge in [0, 0.05) is 19.0 Å². The van der Waals surface area contributed by atoms with Crippen molar-refractivity contribution in [1.29, 1.82) is 0 Å². The van der Waals surface area contributed by atoms with Gasteiger partial charge in [-0.2, -0.15) is 0 Å². The molecule has 1 fully saturated rings. The number of nitrogens with zero attached hydrogens (tertiary/aromatic N) is 2. The fraction of sp³-hybridized carbons (Fsp3) is 0.333. The normalized spacial score (nSPS) is 21.3. The van der Waals surface area contributed by atoms with E-state index in [0.29, 0.717) is 0 Å². The molecule has 1 saturated heterocycles. The van der Waals surface area contributed by atoms with E-state index in [1.54, 1.807) is 0 Å². The minimum Gasteiger partial charge on any atom is -0.502 e. The molecular formula is C12H12N2O7. The van der Waals surface area contributed by atoms with Crippen molar-refractivity contribution in [1.82, 2.24) is 4.90 Å². The molecule has 2 rings (SSSR count). The molecule has 0 radical (unpaired) electrons. The van der Waals surface area contributed by atoms with Crippen molar-refractivity contribution in [2.24, 2.45) is 0 Å². The number of likely N-dealkylation sites (tertiary alicyclic amines) is 1. The monoisotopic (exact) mass is 296 g/mol. The molecule has 1 aromatic carbocycles. The molecule has 0 unspecified atom stereocenters. The third kappa shape index (κ3) is 2.63. The highest BCUT2D eigenvalue weighted by atomic mass is 16.6. The Balaban J connectivity index is 2.38. The molecule has 2 atom stereocenters. The van der Waals surface area contributed by atoms with E-state index in [9.17, 15) is 29.9 Å². The highest BCUT2D eigenvalue weighted by Gasteiger charge is 2.40. The van der Waals surface area contributed by atoms with Crippen LogP contribution in [0, 0.1) is 10.1 Å². The number of hydrogen-bond donors (Lipinski definition) is 3. The van der Waals surface area contributed by atoms with Crippen LogP contribution in [-0.2, 0) is 4.79 Å². The Morgan fingerprint density at radius 2 is 2.05 bits per heavy atom. The van der Waals surface area contributed by atoms with Crippen molar-refractivity contribution >= 4 is 17.6 Å². The van der Waals surface area contributed by atoms with Crippen molar-refractivity contribution in [2.75, 3.05) is 6.54 Å². The van der Waals surface area contributed by atoms with Gasteiger partial charge in [-0.3, -0.25) is 14.9 Å². The summed E-state index contributed by atoms with van der Waals surface area (Å²) in [5, 5.41) is 39.0. The summed E-state index contributed by atoms with van der Waals surface area (Å²) in [6, 6.07) is 2.17. The number of aromatic hydroxyl groups is 1. The number of carbonyl (C=O) groups is 2. The molecule has 0 bridgehead atoms. The van der Waals surface area contributed by atoms with E-state index >= 15 is 0 Å². The zero-order valence-corrected chi connectivity index (χ0v) is 10.7. The summed E-state index contributed by atoms with van der Waals surface area (Å²) in [6.45, 7) is -0.210. The fourth-order valence-corrected chi connectivity index (χ4v) is 2.28. The molecule has 1 heterocycles. The summed E-state index contributed by atoms with van der Waals surface area (Å²) in [5.74, 6) is -2.98. The number of nitro benzene ring substituents is 1. The van der Waals surface area contributed by atoms with Gasteiger partial charge >= 0.3 is 11.7 Å². The number of phenolic OH excluding ortho intramolecular Hbond substituents is 1. The Morgan fingerprint density at radius 1 is 1.38 bits per heavy atom. The average Bonchev–Trinajstić information content (AvgIpc) is 2.80. The summed E-state index contributed by atoms with van der Waals surface area (Å²) in [5.41, 5.74) is -1.02. The molecule has 1 aliphatic heterocycles. The zero-order valence-electron chi connectivity index (χ0n) is 10.7. The number of aliphatic hydroxyl groups is 1. The van der Waals surface area contributed by atoms with Gasteiger partial charge in [0.2, 0.25) is 5.75 Å². The number of aliphatic carboxylic acids is 1. The van der Waals surface area contributed by atoms with E-state index in [-0.39, 0.29) is 18.5 Å².